The van der Waals surface area contributed by atoms with Gasteiger partial charge in [0.2, 0.25) is 5.91 Å². The third kappa shape index (κ3) is 4.92. The minimum absolute atomic E-state index is 0.0524. The van der Waals surface area contributed by atoms with Gasteiger partial charge in [-0.3, -0.25) is 9.59 Å². The number of nitrogens with one attached hydrogen (secondary N) is 2. The molecule has 0 radical (unpaired) electrons. The minimum atomic E-state index is -1.34. The highest BCUT2D eigenvalue weighted by atomic mass is 35.5. The SMILES string of the molecule is Nc1cc(F)ccc1NC(=O)c1cc(NC(=O)[C@H]2[C@H](c3ccc(Cl)c(Cl)c3)C2(Cl)Cl)ccc1Cl. The zero-order valence-electron chi connectivity index (χ0n) is 17.0. The number of benzene rings is 3. The van der Waals surface area contributed by atoms with Gasteiger partial charge in [0.1, 0.15) is 10.2 Å². The van der Waals surface area contributed by atoms with Crippen molar-refractivity contribution in [3.8, 4) is 0 Å². The molecule has 1 fully saturated rings. The Morgan fingerprint density at radius 1 is 0.882 bits per heavy atom. The van der Waals surface area contributed by atoms with E-state index in [0.29, 0.717) is 21.3 Å². The summed E-state index contributed by atoms with van der Waals surface area (Å²) < 4.78 is 11.9. The smallest absolute Gasteiger partial charge is 0.257 e. The van der Waals surface area contributed by atoms with Gasteiger partial charge in [-0.15, -0.1) is 23.2 Å². The molecule has 1 saturated carbocycles. The van der Waals surface area contributed by atoms with Crippen molar-refractivity contribution >= 4 is 86.9 Å². The molecule has 0 aliphatic heterocycles. The minimum Gasteiger partial charge on any atom is -0.397 e. The third-order valence-corrected chi connectivity index (χ3v) is 7.39. The Labute approximate surface area is 219 Å². The number of hydrogen-bond donors (Lipinski definition) is 3. The summed E-state index contributed by atoms with van der Waals surface area (Å²) in [7, 11) is 0. The van der Waals surface area contributed by atoms with E-state index in [0.717, 1.165) is 12.1 Å². The zero-order chi connectivity index (χ0) is 24.8. The van der Waals surface area contributed by atoms with E-state index in [9.17, 15) is 14.0 Å². The molecule has 4 N–H and O–H groups in total. The predicted molar refractivity (Wildman–Crippen MR) is 136 cm³/mol. The van der Waals surface area contributed by atoms with Crippen LogP contribution in [0.2, 0.25) is 15.1 Å². The Morgan fingerprint density at radius 2 is 1.59 bits per heavy atom. The topological polar surface area (TPSA) is 84.2 Å². The summed E-state index contributed by atoms with van der Waals surface area (Å²) in [5.74, 6) is -2.84. The van der Waals surface area contributed by atoms with Crippen LogP contribution in [0.5, 0.6) is 0 Å². The first-order valence-corrected chi connectivity index (χ1v) is 11.7. The number of halogens is 6. The second-order valence-corrected chi connectivity index (χ2v) is 10.3. The van der Waals surface area contributed by atoms with Gasteiger partial charge in [-0.2, -0.15) is 0 Å². The number of alkyl halides is 2. The second kappa shape index (κ2) is 9.44. The van der Waals surface area contributed by atoms with E-state index in [1.165, 1.54) is 24.3 Å². The summed E-state index contributed by atoms with van der Waals surface area (Å²) in [6.45, 7) is 0. The number of nitrogen functional groups attached to an aromatic ring is 1. The maximum absolute atomic E-state index is 13.3. The van der Waals surface area contributed by atoms with Gasteiger partial charge in [-0.05, 0) is 54.1 Å². The van der Waals surface area contributed by atoms with Crippen LogP contribution >= 0.6 is 58.0 Å². The van der Waals surface area contributed by atoms with Crippen molar-refractivity contribution in [3.05, 3.63) is 86.6 Å². The lowest BCUT2D eigenvalue weighted by atomic mass is 10.1. The first-order chi connectivity index (χ1) is 16.0. The molecular formula is C23H15Cl5FN3O2. The van der Waals surface area contributed by atoms with E-state index < -0.39 is 33.8 Å². The zero-order valence-corrected chi connectivity index (χ0v) is 20.8. The van der Waals surface area contributed by atoms with Gasteiger partial charge in [-0.25, -0.2) is 4.39 Å². The van der Waals surface area contributed by atoms with Gasteiger partial charge in [0.15, 0.2) is 0 Å². The standard InChI is InChI=1S/C23H15Cl5FN3O2/c24-14-5-3-12(9-13(14)21(33)32-18-6-2-11(29)8-17(18)30)31-22(34)20-19(23(20,27)28)10-1-4-15(25)16(26)7-10/h1-9,19-20H,30H2,(H,31,34)(H,32,33)/t19-,20+/m0/s1. The van der Waals surface area contributed by atoms with Gasteiger partial charge < -0.3 is 16.4 Å². The average Bonchev–Trinajstić information content (AvgIpc) is 3.35. The number of anilines is 3. The number of carbonyl (C=O) groups is 2. The quantitative estimate of drug-likeness (QED) is 0.229. The Hall–Kier alpha value is -2.22. The summed E-state index contributed by atoms with van der Waals surface area (Å²) >= 11 is 31.0. The molecule has 5 nitrogen and oxygen atoms in total. The van der Waals surface area contributed by atoms with Crippen LogP contribution in [0.1, 0.15) is 21.8 Å². The lowest BCUT2D eigenvalue weighted by molar-refractivity contribution is -0.117. The van der Waals surface area contributed by atoms with E-state index >= 15 is 0 Å². The maximum Gasteiger partial charge on any atom is 0.257 e. The molecule has 0 bridgehead atoms. The van der Waals surface area contributed by atoms with Crippen LogP contribution in [0.3, 0.4) is 0 Å². The molecule has 1 aliphatic carbocycles. The van der Waals surface area contributed by atoms with Crippen molar-refractivity contribution in [2.24, 2.45) is 5.92 Å². The van der Waals surface area contributed by atoms with Crippen LogP contribution in [0.15, 0.2) is 54.6 Å². The molecule has 2 amide bonds. The van der Waals surface area contributed by atoms with E-state index in [4.69, 9.17) is 63.7 Å². The molecule has 0 aromatic heterocycles. The van der Waals surface area contributed by atoms with Crippen molar-refractivity contribution in [2.75, 3.05) is 16.4 Å². The van der Waals surface area contributed by atoms with Gasteiger partial charge in [0.25, 0.3) is 5.91 Å². The summed E-state index contributed by atoms with van der Waals surface area (Å²) in [6, 6.07) is 12.9. The molecule has 0 heterocycles. The number of hydrogen-bond acceptors (Lipinski definition) is 3. The molecule has 34 heavy (non-hydrogen) atoms. The molecule has 1 aliphatic rings. The van der Waals surface area contributed by atoms with Crippen LogP contribution in [-0.2, 0) is 4.79 Å². The Balaban J connectivity index is 1.51. The Morgan fingerprint density at radius 3 is 2.26 bits per heavy atom. The monoisotopic (exact) mass is 559 g/mol. The third-order valence-electron chi connectivity index (χ3n) is 5.38. The van der Waals surface area contributed by atoms with Crippen LogP contribution in [0.4, 0.5) is 21.5 Å². The summed E-state index contributed by atoms with van der Waals surface area (Å²) in [6.07, 6.45) is 0. The fourth-order valence-electron chi connectivity index (χ4n) is 3.61. The molecule has 0 unspecified atom stereocenters. The van der Waals surface area contributed by atoms with Crippen molar-refractivity contribution in [2.45, 2.75) is 10.3 Å². The fraction of sp³-hybridized carbons (Fsp3) is 0.130. The summed E-state index contributed by atoms with van der Waals surface area (Å²) in [4.78, 5) is 25.7. The van der Waals surface area contributed by atoms with Gasteiger partial charge in [0, 0.05) is 11.6 Å². The molecule has 11 heteroatoms. The van der Waals surface area contributed by atoms with Crippen LogP contribution in [0, 0.1) is 11.7 Å². The molecule has 3 aromatic carbocycles. The Bertz CT molecular complexity index is 1320. The van der Waals surface area contributed by atoms with Crippen molar-refractivity contribution in [1.82, 2.24) is 0 Å². The van der Waals surface area contributed by atoms with Gasteiger partial charge in [0.05, 0.1) is 37.9 Å². The second-order valence-electron chi connectivity index (χ2n) is 7.67. The van der Waals surface area contributed by atoms with E-state index in [1.807, 2.05) is 0 Å². The van der Waals surface area contributed by atoms with Gasteiger partial charge >= 0.3 is 0 Å². The largest absolute Gasteiger partial charge is 0.397 e. The predicted octanol–water partition coefficient (Wildman–Crippen LogP) is 7.15. The molecule has 176 valence electrons. The normalized spacial score (nSPS) is 18.3. The highest BCUT2D eigenvalue weighted by Crippen LogP contribution is 2.65. The first kappa shape index (κ1) is 24.9. The molecule has 3 aromatic rings. The lowest BCUT2D eigenvalue weighted by Gasteiger charge is -2.11. The van der Waals surface area contributed by atoms with Gasteiger partial charge in [-0.1, -0.05) is 40.9 Å². The maximum atomic E-state index is 13.3. The Kier molecular flexibility index (Phi) is 6.91. The van der Waals surface area contributed by atoms with Crippen molar-refractivity contribution in [3.63, 3.8) is 0 Å². The molecule has 0 saturated heterocycles. The molecule has 2 atom stereocenters. The molecular weight excluding hydrogens is 547 g/mol. The molecule has 0 spiro atoms. The van der Waals surface area contributed by atoms with Crippen LogP contribution in [0.25, 0.3) is 0 Å². The first-order valence-electron chi connectivity index (χ1n) is 9.78. The lowest BCUT2D eigenvalue weighted by Crippen LogP contribution is -2.18. The number of nitrogens with two attached hydrogens (primary N) is 1. The number of amides is 2. The number of carbonyl (C=O) groups excluding carboxylic acids is 2. The average molecular weight is 562 g/mol. The van der Waals surface area contributed by atoms with E-state index in [2.05, 4.69) is 10.6 Å². The van der Waals surface area contributed by atoms with E-state index in [-0.39, 0.29) is 22.0 Å². The fourth-order valence-corrected chi connectivity index (χ4v) is 4.95. The van der Waals surface area contributed by atoms with Crippen molar-refractivity contribution in [1.29, 1.82) is 0 Å². The van der Waals surface area contributed by atoms with Crippen molar-refractivity contribution < 1.29 is 14.0 Å². The van der Waals surface area contributed by atoms with Crippen LogP contribution in [-0.4, -0.2) is 16.1 Å². The summed E-state index contributed by atoms with van der Waals surface area (Å²) in [5.41, 5.74) is 7.06. The van der Waals surface area contributed by atoms with E-state index in [1.54, 1.807) is 18.2 Å². The number of rotatable bonds is 5. The van der Waals surface area contributed by atoms with Crippen LogP contribution < -0.4 is 16.4 Å². The molecule has 4 rings (SSSR count). The summed E-state index contributed by atoms with van der Waals surface area (Å²) in [5, 5.41) is 6.11. The highest BCUT2D eigenvalue weighted by Gasteiger charge is 2.67. The highest BCUT2D eigenvalue weighted by molar-refractivity contribution is 6.53.